The molecule has 0 saturated carbocycles. The third-order valence-corrected chi connectivity index (χ3v) is 5.75. The lowest BCUT2D eigenvalue weighted by Crippen LogP contribution is -2.37. The quantitative estimate of drug-likeness (QED) is 0.501. The zero-order valence-electron chi connectivity index (χ0n) is 16.5. The maximum absolute atomic E-state index is 13.4. The van der Waals surface area contributed by atoms with Crippen LogP contribution in [-0.2, 0) is 17.8 Å². The minimum absolute atomic E-state index is 0.107. The summed E-state index contributed by atoms with van der Waals surface area (Å²) in [5, 5.41) is 0. The van der Waals surface area contributed by atoms with E-state index in [9.17, 15) is 4.79 Å². The molecule has 4 aromatic rings. The van der Waals surface area contributed by atoms with Gasteiger partial charge in [0.25, 0.3) is 0 Å². The van der Waals surface area contributed by atoms with Crippen LogP contribution >= 0.6 is 0 Å². The number of carbonyl (C=O) groups is 1. The molecule has 5 rings (SSSR count). The third-order valence-electron chi connectivity index (χ3n) is 5.75. The molecule has 0 bridgehead atoms. The smallest absolute Gasteiger partial charge is 0.247 e. The lowest BCUT2D eigenvalue weighted by atomic mass is 10.0. The maximum Gasteiger partial charge on any atom is 0.247 e. The van der Waals surface area contributed by atoms with E-state index in [1.165, 1.54) is 5.56 Å². The van der Waals surface area contributed by atoms with Crippen LogP contribution in [0.4, 0.5) is 5.69 Å². The van der Waals surface area contributed by atoms with E-state index in [-0.39, 0.29) is 12.5 Å². The second-order valence-corrected chi connectivity index (χ2v) is 7.60. The number of amides is 1. The van der Waals surface area contributed by atoms with Crippen molar-refractivity contribution in [3.63, 3.8) is 0 Å². The SMILES string of the molecule is Cc1ccccc1-c1nc2ccccc2n1CC(=O)N1CCCc2ccccc21. The summed E-state index contributed by atoms with van der Waals surface area (Å²) in [4.78, 5) is 20.2. The van der Waals surface area contributed by atoms with Gasteiger partial charge in [0.1, 0.15) is 12.4 Å². The molecule has 1 aliphatic rings. The van der Waals surface area contributed by atoms with Gasteiger partial charge in [-0.1, -0.05) is 54.6 Å². The number of carbonyl (C=O) groups excluding carboxylic acids is 1. The highest BCUT2D eigenvalue weighted by Gasteiger charge is 2.24. The highest BCUT2D eigenvalue weighted by atomic mass is 16.2. The molecule has 29 heavy (non-hydrogen) atoms. The summed E-state index contributed by atoms with van der Waals surface area (Å²) in [7, 11) is 0. The zero-order chi connectivity index (χ0) is 19.8. The minimum atomic E-state index is 0.107. The van der Waals surface area contributed by atoms with Gasteiger partial charge in [0.05, 0.1) is 11.0 Å². The molecule has 0 saturated heterocycles. The standard InChI is InChI=1S/C25H23N3O/c1-18-9-2-4-12-20(18)25-26-21-13-5-7-15-23(21)28(25)17-24(29)27-16-8-11-19-10-3-6-14-22(19)27/h2-7,9-10,12-15H,8,11,16-17H2,1H3. The number of nitrogens with zero attached hydrogens (tertiary/aromatic N) is 3. The van der Waals surface area contributed by atoms with Crippen LogP contribution in [0.5, 0.6) is 0 Å². The Hall–Kier alpha value is -3.40. The highest BCUT2D eigenvalue weighted by Crippen LogP contribution is 2.30. The van der Waals surface area contributed by atoms with Crippen LogP contribution < -0.4 is 4.90 Å². The van der Waals surface area contributed by atoms with E-state index in [1.807, 2.05) is 53.4 Å². The Balaban J connectivity index is 1.58. The number of fused-ring (bicyclic) bond motifs is 2. The predicted molar refractivity (Wildman–Crippen MR) is 117 cm³/mol. The molecule has 1 amide bonds. The highest BCUT2D eigenvalue weighted by molar-refractivity contribution is 5.96. The number of hydrogen-bond acceptors (Lipinski definition) is 2. The van der Waals surface area contributed by atoms with Crippen molar-refractivity contribution < 1.29 is 4.79 Å². The van der Waals surface area contributed by atoms with Crippen molar-refractivity contribution in [1.29, 1.82) is 0 Å². The second kappa shape index (κ2) is 7.21. The van der Waals surface area contributed by atoms with Gasteiger partial charge in [-0.2, -0.15) is 0 Å². The van der Waals surface area contributed by atoms with E-state index in [0.717, 1.165) is 53.1 Å². The summed E-state index contributed by atoms with van der Waals surface area (Å²) < 4.78 is 2.07. The Bertz CT molecular complexity index is 1210. The van der Waals surface area contributed by atoms with Gasteiger partial charge in [-0.05, 0) is 49.1 Å². The molecule has 144 valence electrons. The fourth-order valence-corrected chi connectivity index (χ4v) is 4.28. The molecular formula is C25H23N3O. The van der Waals surface area contributed by atoms with Gasteiger partial charge in [0.2, 0.25) is 5.91 Å². The van der Waals surface area contributed by atoms with Crippen LogP contribution in [0.3, 0.4) is 0 Å². The summed E-state index contributed by atoms with van der Waals surface area (Å²) in [6.07, 6.45) is 2.03. The Morgan fingerprint density at radius 2 is 1.72 bits per heavy atom. The number of para-hydroxylation sites is 3. The van der Waals surface area contributed by atoms with Crippen molar-refractivity contribution in [1.82, 2.24) is 9.55 Å². The molecule has 3 aromatic carbocycles. The topological polar surface area (TPSA) is 38.1 Å². The van der Waals surface area contributed by atoms with Gasteiger partial charge >= 0.3 is 0 Å². The molecule has 0 fully saturated rings. The lowest BCUT2D eigenvalue weighted by molar-refractivity contribution is -0.119. The zero-order valence-corrected chi connectivity index (χ0v) is 16.5. The number of aromatic nitrogens is 2. The Kier molecular flexibility index (Phi) is 4.39. The van der Waals surface area contributed by atoms with Crippen LogP contribution in [0.2, 0.25) is 0 Å². The van der Waals surface area contributed by atoms with Crippen LogP contribution in [0, 0.1) is 6.92 Å². The minimum Gasteiger partial charge on any atom is -0.314 e. The number of benzene rings is 3. The summed E-state index contributed by atoms with van der Waals surface area (Å²) in [6, 6.07) is 24.5. The third kappa shape index (κ3) is 3.11. The average molecular weight is 381 g/mol. The average Bonchev–Trinajstić information content (AvgIpc) is 3.12. The molecule has 0 atom stereocenters. The van der Waals surface area contributed by atoms with Crippen LogP contribution in [-0.4, -0.2) is 22.0 Å². The fourth-order valence-electron chi connectivity index (χ4n) is 4.28. The molecule has 1 aliphatic heterocycles. The molecule has 2 heterocycles. The Morgan fingerprint density at radius 3 is 2.62 bits per heavy atom. The second-order valence-electron chi connectivity index (χ2n) is 7.60. The summed E-state index contributed by atoms with van der Waals surface area (Å²) in [5.41, 5.74) is 6.42. The van der Waals surface area contributed by atoms with Gasteiger partial charge < -0.3 is 9.47 Å². The molecule has 0 N–H and O–H groups in total. The number of hydrogen-bond donors (Lipinski definition) is 0. The van der Waals surface area contributed by atoms with E-state index in [1.54, 1.807) is 0 Å². The van der Waals surface area contributed by atoms with Gasteiger partial charge in [0.15, 0.2) is 0 Å². The molecule has 4 nitrogen and oxygen atoms in total. The van der Waals surface area contributed by atoms with Gasteiger partial charge in [-0.25, -0.2) is 4.98 Å². The summed E-state index contributed by atoms with van der Waals surface area (Å²) in [5.74, 6) is 0.957. The largest absolute Gasteiger partial charge is 0.314 e. The number of aryl methyl sites for hydroxylation is 2. The summed E-state index contributed by atoms with van der Waals surface area (Å²) >= 11 is 0. The monoisotopic (exact) mass is 381 g/mol. The van der Waals surface area contributed by atoms with Gasteiger partial charge in [-0.3, -0.25) is 4.79 Å². The van der Waals surface area contributed by atoms with Crippen molar-refractivity contribution in [2.75, 3.05) is 11.4 Å². The number of rotatable bonds is 3. The molecule has 1 aromatic heterocycles. The predicted octanol–water partition coefficient (Wildman–Crippen LogP) is 4.99. The molecule has 0 unspecified atom stereocenters. The van der Waals surface area contributed by atoms with Gasteiger partial charge in [-0.15, -0.1) is 0 Å². The maximum atomic E-state index is 13.4. The van der Waals surface area contributed by atoms with E-state index in [0.29, 0.717) is 0 Å². The molecule has 0 radical (unpaired) electrons. The first-order valence-electron chi connectivity index (χ1n) is 10.1. The first-order valence-corrected chi connectivity index (χ1v) is 10.1. The van der Waals surface area contributed by atoms with E-state index in [2.05, 4.69) is 35.8 Å². The lowest BCUT2D eigenvalue weighted by Gasteiger charge is -2.30. The molecule has 0 spiro atoms. The van der Waals surface area contributed by atoms with Crippen molar-refractivity contribution in [3.8, 4) is 11.4 Å². The van der Waals surface area contributed by atoms with Crippen molar-refractivity contribution >= 4 is 22.6 Å². The molecule has 0 aliphatic carbocycles. The normalized spacial score (nSPS) is 13.5. The van der Waals surface area contributed by atoms with Crippen molar-refractivity contribution in [2.45, 2.75) is 26.3 Å². The van der Waals surface area contributed by atoms with E-state index in [4.69, 9.17) is 4.98 Å². The molecule has 4 heteroatoms. The fraction of sp³-hybridized carbons (Fsp3) is 0.200. The summed E-state index contributed by atoms with van der Waals surface area (Å²) in [6.45, 7) is 3.13. The van der Waals surface area contributed by atoms with Crippen LogP contribution in [0.1, 0.15) is 17.5 Å². The van der Waals surface area contributed by atoms with E-state index < -0.39 is 0 Å². The van der Waals surface area contributed by atoms with Crippen molar-refractivity contribution in [3.05, 3.63) is 83.9 Å². The molecular weight excluding hydrogens is 358 g/mol. The Labute approximate surface area is 170 Å². The van der Waals surface area contributed by atoms with Gasteiger partial charge in [0, 0.05) is 17.8 Å². The number of anilines is 1. The Morgan fingerprint density at radius 1 is 0.966 bits per heavy atom. The first-order chi connectivity index (χ1) is 14.2. The van der Waals surface area contributed by atoms with Crippen LogP contribution in [0.25, 0.3) is 22.4 Å². The van der Waals surface area contributed by atoms with Crippen LogP contribution in [0.15, 0.2) is 72.8 Å². The van der Waals surface area contributed by atoms with Crippen molar-refractivity contribution in [2.24, 2.45) is 0 Å². The first kappa shape index (κ1) is 17.7. The number of imidazole rings is 1. The van der Waals surface area contributed by atoms with E-state index >= 15 is 0 Å².